The zero-order valence-electron chi connectivity index (χ0n) is 17.2. The molecular formula is C20H25F3N6O2. The quantitative estimate of drug-likeness (QED) is 0.769. The van der Waals surface area contributed by atoms with Gasteiger partial charge in [-0.3, -0.25) is 9.59 Å². The molecule has 2 aliphatic heterocycles. The van der Waals surface area contributed by atoms with Crippen LogP contribution in [0.2, 0.25) is 0 Å². The van der Waals surface area contributed by atoms with E-state index in [0.717, 1.165) is 12.1 Å². The third kappa shape index (κ3) is 4.18. The Bertz CT molecular complexity index is 1000. The van der Waals surface area contributed by atoms with Crippen molar-refractivity contribution in [3.05, 3.63) is 23.8 Å². The van der Waals surface area contributed by atoms with Crippen molar-refractivity contribution in [3.63, 3.8) is 0 Å². The Morgan fingerprint density at radius 3 is 2.39 bits per heavy atom. The van der Waals surface area contributed by atoms with E-state index in [1.807, 2.05) is 0 Å². The van der Waals surface area contributed by atoms with Gasteiger partial charge in [0, 0.05) is 58.3 Å². The molecule has 11 heteroatoms. The SMILES string of the molecule is CC(=O)N1CCN(C(=O)Cn2c(N3CC[C@@H](F)[C@H](N)C3)nc3cc(F)c(F)cc32)CC1. The third-order valence-electron chi connectivity index (χ3n) is 5.99. The largest absolute Gasteiger partial charge is 0.340 e. The summed E-state index contributed by atoms with van der Waals surface area (Å²) in [7, 11) is 0. The number of rotatable bonds is 3. The van der Waals surface area contributed by atoms with Gasteiger partial charge in [0.25, 0.3) is 0 Å². The van der Waals surface area contributed by atoms with E-state index < -0.39 is 23.8 Å². The number of imidazole rings is 1. The molecule has 8 nitrogen and oxygen atoms in total. The Balaban J connectivity index is 1.63. The van der Waals surface area contributed by atoms with Gasteiger partial charge in [0.15, 0.2) is 11.6 Å². The van der Waals surface area contributed by atoms with Gasteiger partial charge in [0.1, 0.15) is 12.7 Å². The Labute approximate surface area is 177 Å². The maximum atomic E-state index is 14.0. The molecule has 0 bridgehead atoms. The zero-order valence-corrected chi connectivity index (χ0v) is 17.2. The molecule has 0 saturated carbocycles. The number of hydrogen-bond donors (Lipinski definition) is 1. The van der Waals surface area contributed by atoms with Crippen molar-refractivity contribution in [1.82, 2.24) is 19.4 Å². The molecule has 2 aromatic rings. The number of nitrogens with zero attached hydrogens (tertiary/aromatic N) is 5. The van der Waals surface area contributed by atoms with Crippen LogP contribution in [-0.4, -0.2) is 82.6 Å². The summed E-state index contributed by atoms with van der Waals surface area (Å²) in [6.45, 7) is 3.52. The second kappa shape index (κ2) is 8.37. The van der Waals surface area contributed by atoms with Crippen molar-refractivity contribution < 1.29 is 22.8 Å². The van der Waals surface area contributed by atoms with Crippen LogP contribution in [0.3, 0.4) is 0 Å². The molecule has 1 aromatic heterocycles. The number of benzene rings is 1. The number of fused-ring (bicyclic) bond motifs is 1. The molecule has 168 valence electrons. The van der Waals surface area contributed by atoms with Crippen LogP contribution in [0.5, 0.6) is 0 Å². The van der Waals surface area contributed by atoms with E-state index in [-0.39, 0.29) is 42.4 Å². The van der Waals surface area contributed by atoms with Crippen molar-refractivity contribution in [2.45, 2.75) is 32.1 Å². The van der Waals surface area contributed by atoms with E-state index in [9.17, 15) is 22.8 Å². The molecule has 0 radical (unpaired) electrons. The number of hydrogen-bond acceptors (Lipinski definition) is 5. The number of piperazine rings is 1. The Hall–Kier alpha value is -2.82. The van der Waals surface area contributed by atoms with Crippen LogP contribution in [0.1, 0.15) is 13.3 Å². The lowest BCUT2D eigenvalue weighted by atomic mass is 10.1. The monoisotopic (exact) mass is 438 g/mol. The van der Waals surface area contributed by atoms with Crippen molar-refractivity contribution in [1.29, 1.82) is 0 Å². The van der Waals surface area contributed by atoms with Gasteiger partial charge < -0.3 is 25.0 Å². The van der Waals surface area contributed by atoms with Crippen LogP contribution in [0, 0.1) is 11.6 Å². The maximum absolute atomic E-state index is 14.0. The van der Waals surface area contributed by atoms with E-state index in [1.54, 1.807) is 14.7 Å². The predicted molar refractivity (Wildman–Crippen MR) is 108 cm³/mol. The molecule has 0 aliphatic carbocycles. The minimum atomic E-state index is -1.14. The average Bonchev–Trinajstić information content (AvgIpc) is 3.07. The van der Waals surface area contributed by atoms with E-state index in [1.165, 1.54) is 11.5 Å². The number of aromatic nitrogens is 2. The second-order valence-corrected chi connectivity index (χ2v) is 8.05. The number of carbonyl (C=O) groups excluding carboxylic acids is 2. The highest BCUT2D eigenvalue weighted by Crippen LogP contribution is 2.27. The van der Waals surface area contributed by atoms with Crippen LogP contribution in [0.15, 0.2) is 12.1 Å². The number of carbonyl (C=O) groups is 2. The molecule has 2 saturated heterocycles. The first-order valence-electron chi connectivity index (χ1n) is 10.3. The third-order valence-corrected chi connectivity index (χ3v) is 5.99. The first-order chi connectivity index (χ1) is 14.7. The van der Waals surface area contributed by atoms with E-state index in [4.69, 9.17) is 5.73 Å². The van der Waals surface area contributed by atoms with Crippen LogP contribution < -0.4 is 10.6 Å². The summed E-state index contributed by atoms with van der Waals surface area (Å²) in [6, 6.07) is 1.29. The standard InChI is InChI=1S/C20H25F3N6O2/c1-12(30)26-4-6-27(7-5-26)19(31)11-29-18-9-15(23)14(22)8-17(18)25-20(29)28-3-2-13(21)16(24)10-28/h8-9,13,16H,2-7,10-11,24H2,1H3/t13-,16-/m1/s1. The first kappa shape index (κ1) is 21.4. The number of halogens is 3. The molecule has 0 unspecified atom stereocenters. The summed E-state index contributed by atoms with van der Waals surface area (Å²) < 4.78 is 43.1. The van der Waals surface area contributed by atoms with Crippen LogP contribution >= 0.6 is 0 Å². The van der Waals surface area contributed by atoms with Crippen molar-refractivity contribution in [3.8, 4) is 0 Å². The summed E-state index contributed by atoms with van der Waals surface area (Å²) in [4.78, 5) is 34.0. The topological polar surface area (TPSA) is 87.7 Å². The van der Waals surface area contributed by atoms with Gasteiger partial charge in [-0.05, 0) is 6.42 Å². The molecule has 2 fully saturated rings. The molecule has 2 amide bonds. The van der Waals surface area contributed by atoms with Gasteiger partial charge in [-0.15, -0.1) is 0 Å². The molecular weight excluding hydrogens is 413 g/mol. The molecule has 1 aromatic carbocycles. The molecule has 3 heterocycles. The second-order valence-electron chi connectivity index (χ2n) is 8.05. The average molecular weight is 438 g/mol. The summed E-state index contributed by atoms with van der Waals surface area (Å²) in [5.74, 6) is -2.01. The molecule has 0 spiro atoms. The summed E-state index contributed by atoms with van der Waals surface area (Å²) >= 11 is 0. The zero-order chi connectivity index (χ0) is 22.3. The molecule has 31 heavy (non-hydrogen) atoms. The Morgan fingerprint density at radius 1 is 1.10 bits per heavy atom. The lowest BCUT2D eigenvalue weighted by Gasteiger charge is -2.35. The predicted octanol–water partition coefficient (Wildman–Crippen LogP) is 0.881. The van der Waals surface area contributed by atoms with Gasteiger partial charge in [-0.1, -0.05) is 0 Å². The fraction of sp³-hybridized carbons (Fsp3) is 0.550. The van der Waals surface area contributed by atoms with Crippen molar-refractivity contribution in [2.24, 2.45) is 5.73 Å². The van der Waals surface area contributed by atoms with Gasteiger partial charge in [-0.25, -0.2) is 18.2 Å². The lowest BCUT2D eigenvalue weighted by molar-refractivity contribution is -0.138. The number of piperidine rings is 1. The molecule has 4 rings (SSSR count). The van der Waals surface area contributed by atoms with E-state index >= 15 is 0 Å². The Morgan fingerprint density at radius 2 is 1.74 bits per heavy atom. The highest BCUT2D eigenvalue weighted by Gasteiger charge is 2.31. The van der Waals surface area contributed by atoms with Crippen molar-refractivity contribution in [2.75, 3.05) is 44.2 Å². The van der Waals surface area contributed by atoms with Crippen molar-refractivity contribution >= 4 is 28.8 Å². The van der Waals surface area contributed by atoms with Gasteiger partial charge in [-0.2, -0.15) is 0 Å². The summed E-state index contributed by atoms with van der Waals surface area (Å²) in [5, 5.41) is 0. The number of amides is 2. The number of nitrogens with two attached hydrogens (primary N) is 1. The van der Waals surface area contributed by atoms with Crippen LogP contribution in [0.4, 0.5) is 19.1 Å². The van der Waals surface area contributed by atoms with Crippen LogP contribution in [0.25, 0.3) is 11.0 Å². The molecule has 2 N–H and O–H groups in total. The van der Waals surface area contributed by atoms with Crippen LogP contribution in [-0.2, 0) is 16.1 Å². The molecule has 2 atom stereocenters. The lowest BCUT2D eigenvalue weighted by Crippen LogP contribution is -2.51. The highest BCUT2D eigenvalue weighted by molar-refractivity contribution is 5.84. The summed E-state index contributed by atoms with van der Waals surface area (Å²) in [5.41, 5.74) is 6.36. The first-order valence-corrected chi connectivity index (χ1v) is 10.3. The fourth-order valence-corrected chi connectivity index (χ4v) is 4.15. The Kier molecular flexibility index (Phi) is 5.78. The highest BCUT2D eigenvalue weighted by atomic mass is 19.2. The number of anilines is 1. The normalized spacial score (nSPS) is 22.3. The minimum absolute atomic E-state index is 0.0416. The van der Waals surface area contributed by atoms with Gasteiger partial charge >= 0.3 is 0 Å². The smallest absolute Gasteiger partial charge is 0.242 e. The van der Waals surface area contributed by atoms with Gasteiger partial charge in [0.2, 0.25) is 17.8 Å². The molecule has 2 aliphatic rings. The maximum Gasteiger partial charge on any atom is 0.242 e. The summed E-state index contributed by atoms with van der Waals surface area (Å²) in [6.07, 6.45) is -0.934. The van der Waals surface area contributed by atoms with E-state index in [2.05, 4.69) is 4.98 Å². The number of alkyl halides is 1. The minimum Gasteiger partial charge on any atom is -0.340 e. The van der Waals surface area contributed by atoms with Gasteiger partial charge in [0.05, 0.1) is 17.1 Å². The fourth-order valence-electron chi connectivity index (χ4n) is 4.15. The van der Waals surface area contributed by atoms with E-state index in [0.29, 0.717) is 38.7 Å².